The van der Waals surface area contributed by atoms with E-state index in [0.717, 1.165) is 0 Å². The minimum absolute atomic E-state index is 0.0185. The van der Waals surface area contributed by atoms with Gasteiger partial charge in [0, 0.05) is 13.0 Å². The number of Topliss-reactive ketones (excluding diaryl/α,β-unsaturated/α-hetero) is 1. The van der Waals surface area contributed by atoms with Crippen LogP contribution in [0.2, 0.25) is 0 Å². The molecule has 4 heteroatoms. The third-order valence-corrected chi connectivity index (χ3v) is 2.64. The first kappa shape index (κ1) is 7.73. The van der Waals surface area contributed by atoms with Crippen molar-refractivity contribution in [3.63, 3.8) is 0 Å². The van der Waals surface area contributed by atoms with Crippen LogP contribution in [-0.2, 0) is 9.59 Å². The van der Waals surface area contributed by atoms with Gasteiger partial charge in [-0.2, -0.15) is 0 Å². The van der Waals surface area contributed by atoms with Gasteiger partial charge < -0.3 is 4.90 Å². The molecule has 2 bridgehead atoms. The summed E-state index contributed by atoms with van der Waals surface area (Å²) in [6.45, 7) is 0.608. The monoisotopic (exact) mass is 168 g/mol. The van der Waals surface area contributed by atoms with Gasteiger partial charge in [-0.3, -0.25) is 14.5 Å². The molecule has 2 unspecified atom stereocenters. The summed E-state index contributed by atoms with van der Waals surface area (Å²) in [5.41, 5.74) is 0. The molecular weight excluding hydrogens is 156 g/mol. The second kappa shape index (κ2) is 2.29. The quantitative estimate of drug-likeness (QED) is 0.384. The van der Waals surface area contributed by atoms with Crippen LogP contribution in [0.4, 0.5) is 0 Å². The van der Waals surface area contributed by atoms with Crippen molar-refractivity contribution >= 4 is 11.7 Å². The molecular formula is C8H12N2O2. The van der Waals surface area contributed by atoms with Gasteiger partial charge in [-0.1, -0.05) is 0 Å². The zero-order chi connectivity index (χ0) is 8.88. The average Bonchev–Trinajstić information content (AvgIpc) is 2.00. The number of nitrogens with zero attached hydrogens (tertiary/aromatic N) is 2. The van der Waals surface area contributed by atoms with Crippen LogP contribution in [0, 0.1) is 5.92 Å². The van der Waals surface area contributed by atoms with E-state index in [4.69, 9.17) is 0 Å². The topological polar surface area (TPSA) is 40.6 Å². The van der Waals surface area contributed by atoms with Crippen LogP contribution >= 0.6 is 0 Å². The SMILES string of the molecule is CN(C)C1C2C(=O)CCN1C2=O. The Morgan fingerprint density at radius 2 is 2.08 bits per heavy atom. The summed E-state index contributed by atoms with van der Waals surface area (Å²) in [6.07, 6.45) is 0.583. The van der Waals surface area contributed by atoms with Crippen molar-refractivity contribution in [1.82, 2.24) is 9.80 Å². The molecule has 0 aromatic carbocycles. The molecule has 3 saturated heterocycles. The highest BCUT2D eigenvalue weighted by Gasteiger charge is 2.55. The lowest BCUT2D eigenvalue weighted by Crippen LogP contribution is -2.71. The Kier molecular flexibility index (Phi) is 1.48. The minimum Gasteiger partial charge on any atom is -0.324 e. The Morgan fingerprint density at radius 1 is 1.42 bits per heavy atom. The van der Waals surface area contributed by atoms with E-state index in [1.165, 1.54) is 0 Å². The van der Waals surface area contributed by atoms with Crippen LogP contribution in [0.5, 0.6) is 0 Å². The van der Waals surface area contributed by atoms with Gasteiger partial charge in [0.05, 0.1) is 0 Å². The first-order valence-corrected chi connectivity index (χ1v) is 4.12. The van der Waals surface area contributed by atoms with Crippen molar-refractivity contribution in [1.29, 1.82) is 0 Å². The number of fused-ring (bicyclic) bond motifs is 2. The molecule has 0 radical (unpaired) electrons. The van der Waals surface area contributed by atoms with Crippen LogP contribution in [0.1, 0.15) is 6.42 Å². The normalized spacial score (nSPS) is 34.1. The maximum Gasteiger partial charge on any atom is 0.237 e. The maximum absolute atomic E-state index is 11.3. The van der Waals surface area contributed by atoms with E-state index >= 15 is 0 Å². The smallest absolute Gasteiger partial charge is 0.237 e. The lowest BCUT2D eigenvalue weighted by atomic mass is 9.82. The van der Waals surface area contributed by atoms with Crippen molar-refractivity contribution in [2.45, 2.75) is 12.6 Å². The molecule has 0 aliphatic carbocycles. The number of carbonyl (C=O) groups is 2. The molecule has 3 aliphatic rings. The summed E-state index contributed by atoms with van der Waals surface area (Å²) < 4.78 is 0. The van der Waals surface area contributed by atoms with Gasteiger partial charge in [0.25, 0.3) is 0 Å². The van der Waals surface area contributed by atoms with Crippen molar-refractivity contribution in [2.75, 3.05) is 20.6 Å². The fourth-order valence-corrected chi connectivity index (χ4v) is 2.04. The molecule has 0 aromatic rings. The number of carbonyl (C=O) groups excluding carboxylic acids is 2. The molecule has 0 saturated carbocycles. The van der Waals surface area contributed by atoms with Crippen LogP contribution < -0.4 is 0 Å². The Morgan fingerprint density at radius 3 is 2.42 bits per heavy atom. The second-order valence-electron chi connectivity index (χ2n) is 3.60. The van der Waals surface area contributed by atoms with Gasteiger partial charge in [-0.15, -0.1) is 0 Å². The second-order valence-corrected chi connectivity index (χ2v) is 3.60. The van der Waals surface area contributed by atoms with Gasteiger partial charge in [0.1, 0.15) is 12.1 Å². The predicted octanol–water partition coefficient (Wildman–Crippen LogP) is -0.695. The number of rotatable bonds is 1. The number of amides is 1. The Hall–Kier alpha value is -0.900. The first-order valence-electron chi connectivity index (χ1n) is 4.12. The Balaban J connectivity index is 2.21. The van der Waals surface area contributed by atoms with E-state index in [1.54, 1.807) is 4.90 Å². The zero-order valence-corrected chi connectivity index (χ0v) is 7.28. The van der Waals surface area contributed by atoms with E-state index in [1.807, 2.05) is 19.0 Å². The van der Waals surface area contributed by atoms with Crippen LogP contribution in [0.15, 0.2) is 0 Å². The van der Waals surface area contributed by atoms with Gasteiger partial charge in [0.15, 0.2) is 5.78 Å². The number of hydrogen-bond acceptors (Lipinski definition) is 3. The van der Waals surface area contributed by atoms with Crippen molar-refractivity contribution in [2.24, 2.45) is 5.92 Å². The lowest BCUT2D eigenvalue weighted by molar-refractivity contribution is -0.178. The molecule has 66 valence electrons. The molecule has 0 aromatic heterocycles. The molecule has 0 N–H and O–H groups in total. The molecule has 2 atom stereocenters. The summed E-state index contributed by atoms with van der Waals surface area (Å²) >= 11 is 0. The summed E-state index contributed by atoms with van der Waals surface area (Å²) in [6, 6.07) is 0. The van der Waals surface area contributed by atoms with Gasteiger partial charge in [-0.25, -0.2) is 0 Å². The Labute approximate surface area is 71.1 Å². The zero-order valence-electron chi connectivity index (χ0n) is 7.28. The molecule has 1 amide bonds. The summed E-state index contributed by atoms with van der Waals surface area (Å²) in [4.78, 5) is 26.2. The van der Waals surface area contributed by atoms with Crippen molar-refractivity contribution in [3.05, 3.63) is 0 Å². The third kappa shape index (κ3) is 0.756. The van der Waals surface area contributed by atoms with E-state index < -0.39 is 0 Å². The number of ketones is 1. The first-order chi connectivity index (χ1) is 5.63. The van der Waals surface area contributed by atoms with E-state index in [0.29, 0.717) is 13.0 Å². The molecule has 4 nitrogen and oxygen atoms in total. The molecule has 3 fully saturated rings. The van der Waals surface area contributed by atoms with E-state index in [-0.39, 0.29) is 23.8 Å². The van der Waals surface area contributed by atoms with Crippen LogP contribution in [-0.4, -0.2) is 48.3 Å². The molecule has 3 aliphatic heterocycles. The molecule has 0 spiro atoms. The van der Waals surface area contributed by atoms with Crippen molar-refractivity contribution < 1.29 is 9.59 Å². The number of hydrogen-bond donors (Lipinski definition) is 0. The fourth-order valence-electron chi connectivity index (χ4n) is 2.04. The fraction of sp³-hybridized carbons (Fsp3) is 0.750. The summed E-state index contributed by atoms with van der Waals surface area (Å²) in [5, 5.41) is 0. The highest BCUT2D eigenvalue weighted by Crippen LogP contribution is 2.34. The lowest BCUT2D eigenvalue weighted by Gasteiger charge is -2.52. The van der Waals surface area contributed by atoms with Crippen LogP contribution in [0.3, 0.4) is 0 Å². The average molecular weight is 168 g/mol. The highest BCUT2D eigenvalue weighted by atomic mass is 16.2. The largest absolute Gasteiger partial charge is 0.324 e. The number of piperidine rings is 2. The number of β-lactam (4-membered cyclic amide) rings is 1. The molecule has 3 heterocycles. The van der Waals surface area contributed by atoms with Crippen LogP contribution in [0.25, 0.3) is 0 Å². The summed E-state index contributed by atoms with van der Waals surface area (Å²) in [7, 11) is 3.80. The standard InChI is InChI=1S/C8H12N2O2/c1-9(2)7-6-5(11)3-4-10(7)8(6)12/h6-7H,3-4H2,1-2H3. The maximum atomic E-state index is 11.3. The predicted molar refractivity (Wildman–Crippen MR) is 42.3 cm³/mol. The molecule has 12 heavy (non-hydrogen) atoms. The van der Waals surface area contributed by atoms with Crippen molar-refractivity contribution in [3.8, 4) is 0 Å². The summed E-state index contributed by atoms with van der Waals surface area (Å²) in [5.74, 6) is -0.222. The van der Waals surface area contributed by atoms with Gasteiger partial charge in [-0.05, 0) is 14.1 Å². The minimum atomic E-state index is -0.353. The highest BCUT2D eigenvalue weighted by molar-refractivity contribution is 6.08. The third-order valence-electron chi connectivity index (χ3n) is 2.64. The molecule has 3 rings (SSSR count). The Bertz CT molecular complexity index is 241. The van der Waals surface area contributed by atoms with E-state index in [9.17, 15) is 9.59 Å². The van der Waals surface area contributed by atoms with Gasteiger partial charge >= 0.3 is 0 Å². The van der Waals surface area contributed by atoms with E-state index in [2.05, 4.69) is 0 Å². The van der Waals surface area contributed by atoms with Gasteiger partial charge in [0.2, 0.25) is 5.91 Å².